The Morgan fingerprint density at radius 3 is 2.07 bits per heavy atom. The maximum Gasteiger partial charge on any atom is 0.155 e. The van der Waals surface area contributed by atoms with E-state index in [0.29, 0.717) is 0 Å². The Hall–Kier alpha value is -0.590. The lowest BCUT2D eigenvalue weighted by molar-refractivity contribution is -0.113. The first-order valence-corrected chi connectivity index (χ1v) is 6.50. The third-order valence-corrected chi connectivity index (χ3v) is 3.24. The number of Topliss-reactive ketones (excluding diaryl/α,β-unsaturated/α-hetero) is 1. The maximum absolute atomic E-state index is 11.3. The third kappa shape index (κ3) is 5.76. The molecular weight excluding hydrogens is 184 g/mol. The Balaban J connectivity index is 2.42. The van der Waals surface area contributed by atoms with Crippen LogP contribution < -0.4 is 0 Å². The highest BCUT2D eigenvalue weighted by molar-refractivity contribution is 5.93. The number of rotatable bonds is 1. The Morgan fingerprint density at radius 2 is 1.47 bits per heavy atom. The van der Waals surface area contributed by atoms with Crippen molar-refractivity contribution in [3.8, 4) is 0 Å². The number of carbonyl (C=O) groups is 1. The standard InChI is InChI=1S/C14H24O/c1-13(15)14-11-9-7-5-3-2-4-6-8-10-12-14/h11H,2-10,12H2,1H3/b14-11-. The van der Waals surface area contributed by atoms with Crippen molar-refractivity contribution in [1.29, 1.82) is 0 Å². The van der Waals surface area contributed by atoms with Crippen LogP contribution in [0.25, 0.3) is 0 Å². The summed E-state index contributed by atoms with van der Waals surface area (Å²) in [6.45, 7) is 1.71. The largest absolute Gasteiger partial charge is 0.295 e. The molecule has 0 radical (unpaired) electrons. The fourth-order valence-electron chi connectivity index (χ4n) is 2.22. The molecule has 0 heterocycles. The van der Waals surface area contributed by atoms with Gasteiger partial charge in [-0.15, -0.1) is 0 Å². The van der Waals surface area contributed by atoms with E-state index in [1.807, 2.05) is 0 Å². The molecule has 0 aromatic carbocycles. The van der Waals surface area contributed by atoms with Crippen LogP contribution in [0.1, 0.15) is 71.1 Å². The molecule has 1 nitrogen and oxygen atoms in total. The second kappa shape index (κ2) is 7.67. The molecular formula is C14H24O. The van der Waals surface area contributed by atoms with Crippen molar-refractivity contribution < 1.29 is 4.79 Å². The van der Waals surface area contributed by atoms with Gasteiger partial charge in [0.1, 0.15) is 0 Å². The van der Waals surface area contributed by atoms with Crippen molar-refractivity contribution in [2.75, 3.05) is 0 Å². The van der Waals surface area contributed by atoms with Gasteiger partial charge in [-0.3, -0.25) is 4.79 Å². The molecule has 0 fully saturated rings. The van der Waals surface area contributed by atoms with Gasteiger partial charge in [-0.05, 0) is 38.2 Å². The summed E-state index contributed by atoms with van der Waals surface area (Å²) < 4.78 is 0. The maximum atomic E-state index is 11.3. The number of hydrogen-bond donors (Lipinski definition) is 0. The fourth-order valence-corrected chi connectivity index (χ4v) is 2.22. The fraction of sp³-hybridized carbons (Fsp3) is 0.786. The first-order chi connectivity index (χ1) is 7.30. The van der Waals surface area contributed by atoms with Crippen molar-refractivity contribution in [2.24, 2.45) is 0 Å². The summed E-state index contributed by atoms with van der Waals surface area (Å²) in [5.41, 5.74) is 1.08. The molecule has 0 aromatic rings. The molecule has 1 heteroatoms. The van der Waals surface area contributed by atoms with Crippen LogP contribution in [0, 0.1) is 0 Å². The van der Waals surface area contributed by atoms with Crippen LogP contribution in [0.3, 0.4) is 0 Å². The summed E-state index contributed by atoms with van der Waals surface area (Å²) in [6.07, 6.45) is 14.9. The van der Waals surface area contributed by atoms with Gasteiger partial charge in [0.2, 0.25) is 0 Å². The Kier molecular flexibility index (Phi) is 6.38. The van der Waals surface area contributed by atoms with E-state index in [2.05, 4.69) is 6.08 Å². The average Bonchev–Trinajstić information content (AvgIpc) is 2.18. The summed E-state index contributed by atoms with van der Waals surface area (Å²) in [7, 11) is 0. The minimum Gasteiger partial charge on any atom is -0.295 e. The van der Waals surface area contributed by atoms with E-state index in [0.717, 1.165) is 18.4 Å². The zero-order chi connectivity index (χ0) is 10.9. The molecule has 0 spiro atoms. The summed E-state index contributed by atoms with van der Waals surface area (Å²) in [5, 5.41) is 0. The molecule has 0 N–H and O–H groups in total. The molecule has 1 rings (SSSR count). The van der Waals surface area contributed by atoms with Crippen LogP contribution in [0.15, 0.2) is 11.6 Å². The van der Waals surface area contributed by atoms with Crippen molar-refractivity contribution >= 4 is 5.78 Å². The van der Waals surface area contributed by atoms with Gasteiger partial charge in [-0.25, -0.2) is 0 Å². The predicted octanol–water partition coefficient (Wildman–Crippen LogP) is 4.42. The number of ketones is 1. The van der Waals surface area contributed by atoms with E-state index in [9.17, 15) is 4.79 Å². The molecule has 0 aliphatic heterocycles. The second-order valence-corrected chi connectivity index (χ2v) is 4.65. The van der Waals surface area contributed by atoms with Gasteiger partial charge in [0.15, 0.2) is 5.78 Å². The number of allylic oxidation sites excluding steroid dienone is 2. The highest BCUT2D eigenvalue weighted by atomic mass is 16.1. The van der Waals surface area contributed by atoms with E-state index in [4.69, 9.17) is 0 Å². The first kappa shape index (κ1) is 12.5. The molecule has 15 heavy (non-hydrogen) atoms. The lowest BCUT2D eigenvalue weighted by Crippen LogP contribution is -1.97. The summed E-state index contributed by atoms with van der Waals surface area (Å²) >= 11 is 0. The minimum atomic E-state index is 0.284. The molecule has 1 aliphatic rings. The first-order valence-electron chi connectivity index (χ1n) is 6.50. The van der Waals surface area contributed by atoms with Crippen LogP contribution in [-0.4, -0.2) is 5.78 Å². The van der Waals surface area contributed by atoms with Gasteiger partial charge in [-0.1, -0.05) is 44.6 Å². The topological polar surface area (TPSA) is 17.1 Å². The Labute approximate surface area is 93.9 Å². The van der Waals surface area contributed by atoms with Gasteiger partial charge >= 0.3 is 0 Å². The van der Waals surface area contributed by atoms with Crippen molar-refractivity contribution in [3.63, 3.8) is 0 Å². The van der Waals surface area contributed by atoms with E-state index < -0.39 is 0 Å². The lowest BCUT2D eigenvalue weighted by Gasteiger charge is -2.07. The molecule has 0 aromatic heterocycles. The molecule has 0 amide bonds. The molecule has 86 valence electrons. The Bertz CT molecular complexity index is 215. The molecule has 0 unspecified atom stereocenters. The summed E-state index contributed by atoms with van der Waals surface area (Å²) in [6, 6.07) is 0. The molecule has 0 saturated heterocycles. The van der Waals surface area contributed by atoms with Gasteiger partial charge in [-0.2, -0.15) is 0 Å². The van der Waals surface area contributed by atoms with Crippen LogP contribution >= 0.6 is 0 Å². The summed E-state index contributed by atoms with van der Waals surface area (Å²) in [5.74, 6) is 0.284. The minimum absolute atomic E-state index is 0.284. The number of carbonyl (C=O) groups excluding carboxylic acids is 1. The molecule has 0 saturated carbocycles. The molecule has 0 atom stereocenters. The quantitative estimate of drug-likeness (QED) is 0.623. The predicted molar refractivity (Wildman–Crippen MR) is 64.9 cm³/mol. The van der Waals surface area contributed by atoms with Gasteiger partial charge in [0, 0.05) is 0 Å². The molecule has 0 bridgehead atoms. The van der Waals surface area contributed by atoms with Crippen LogP contribution in [0.2, 0.25) is 0 Å². The zero-order valence-electron chi connectivity index (χ0n) is 10.1. The van der Waals surface area contributed by atoms with Crippen molar-refractivity contribution in [2.45, 2.75) is 71.1 Å². The summed E-state index contributed by atoms with van der Waals surface area (Å²) in [4.78, 5) is 11.3. The smallest absolute Gasteiger partial charge is 0.155 e. The monoisotopic (exact) mass is 208 g/mol. The zero-order valence-corrected chi connectivity index (χ0v) is 10.1. The van der Waals surface area contributed by atoms with Crippen molar-refractivity contribution in [3.05, 3.63) is 11.6 Å². The normalized spacial score (nSPS) is 24.5. The Morgan fingerprint density at radius 1 is 0.933 bits per heavy atom. The van der Waals surface area contributed by atoms with Gasteiger partial charge < -0.3 is 0 Å². The highest BCUT2D eigenvalue weighted by Crippen LogP contribution is 2.17. The second-order valence-electron chi connectivity index (χ2n) is 4.65. The van der Waals surface area contributed by atoms with Crippen LogP contribution in [0.5, 0.6) is 0 Å². The number of hydrogen-bond acceptors (Lipinski definition) is 1. The van der Waals surface area contributed by atoms with Crippen LogP contribution in [0.4, 0.5) is 0 Å². The van der Waals surface area contributed by atoms with E-state index in [-0.39, 0.29) is 5.78 Å². The molecule has 1 aliphatic carbocycles. The highest BCUT2D eigenvalue weighted by Gasteiger charge is 2.04. The van der Waals surface area contributed by atoms with E-state index >= 15 is 0 Å². The SMILES string of the molecule is CC(=O)/C1=C\CCCCCCCCCC1. The van der Waals surface area contributed by atoms with Gasteiger partial charge in [0.25, 0.3) is 0 Å². The van der Waals surface area contributed by atoms with E-state index in [1.165, 1.54) is 51.4 Å². The van der Waals surface area contributed by atoms with Gasteiger partial charge in [0.05, 0.1) is 0 Å². The van der Waals surface area contributed by atoms with Crippen molar-refractivity contribution in [1.82, 2.24) is 0 Å². The third-order valence-electron chi connectivity index (χ3n) is 3.24. The van der Waals surface area contributed by atoms with E-state index in [1.54, 1.807) is 6.92 Å². The lowest BCUT2D eigenvalue weighted by atomic mass is 9.99. The van der Waals surface area contributed by atoms with Crippen LogP contribution in [-0.2, 0) is 4.79 Å². The average molecular weight is 208 g/mol.